The molecule has 0 aliphatic heterocycles. The molecule has 8 heteroatoms. The van der Waals surface area contributed by atoms with Gasteiger partial charge in [0, 0.05) is 10.6 Å². The normalized spacial score (nSPS) is 10.6. The van der Waals surface area contributed by atoms with Crippen molar-refractivity contribution in [2.45, 2.75) is 0 Å². The summed E-state index contributed by atoms with van der Waals surface area (Å²) in [5.41, 5.74) is -1.48. The first-order valence-electron chi connectivity index (χ1n) is 5.41. The lowest BCUT2D eigenvalue weighted by Gasteiger charge is -2.09. The van der Waals surface area contributed by atoms with E-state index in [-0.39, 0.29) is 5.56 Å². The van der Waals surface area contributed by atoms with Gasteiger partial charge < -0.3 is 5.32 Å². The van der Waals surface area contributed by atoms with E-state index in [0.717, 1.165) is 0 Å². The number of anilines is 1. The van der Waals surface area contributed by atoms with Crippen LogP contribution in [-0.4, -0.2) is 5.91 Å². The lowest BCUT2D eigenvalue weighted by Crippen LogP contribution is -2.16. The second kappa shape index (κ2) is 5.69. The van der Waals surface area contributed by atoms with Gasteiger partial charge in [-0.25, -0.2) is 22.0 Å². The van der Waals surface area contributed by atoms with Gasteiger partial charge in [-0.05, 0) is 24.3 Å². The van der Waals surface area contributed by atoms with E-state index in [0.29, 0.717) is 5.02 Å². The Morgan fingerprint density at radius 2 is 1.24 bits per heavy atom. The van der Waals surface area contributed by atoms with Crippen LogP contribution in [0.1, 0.15) is 10.4 Å². The van der Waals surface area contributed by atoms with Crippen LogP contribution in [-0.2, 0) is 0 Å². The van der Waals surface area contributed by atoms with Crippen molar-refractivity contribution in [3.63, 3.8) is 0 Å². The molecule has 0 atom stereocenters. The van der Waals surface area contributed by atoms with Crippen molar-refractivity contribution in [1.82, 2.24) is 0 Å². The molecule has 0 aliphatic rings. The monoisotopic (exact) mass is 321 g/mol. The number of hydrogen-bond acceptors (Lipinski definition) is 1. The predicted octanol–water partition coefficient (Wildman–Crippen LogP) is 4.29. The summed E-state index contributed by atoms with van der Waals surface area (Å²) in [6.07, 6.45) is 0. The highest BCUT2D eigenvalue weighted by Crippen LogP contribution is 2.27. The van der Waals surface area contributed by atoms with Gasteiger partial charge in [-0.15, -0.1) is 0 Å². The molecule has 0 aromatic heterocycles. The Hall–Kier alpha value is -2.15. The van der Waals surface area contributed by atoms with Crippen molar-refractivity contribution in [2.75, 3.05) is 5.32 Å². The summed E-state index contributed by atoms with van der Waals surface area (Å²) in [7, 11) is 0. The molecule has 0 unspecified atom stereocenters. The maximum atomic E-state index is 13.4. The minimum atomic E-state index is -2.30. The van der Waals surface area contributed by atoms with Crippen LogP contribution in [0.4, 0.5) is 27.6 Å². The van der Waals surface area contributed by atoms with Gasteiger partial charge in [0.1, 0.15) is 5.69 Å². The fourth-order valence-corrected chi connectivity index (χ4v) is 1.63. The lowest BCUT2D eigenvalue weighted by molar-refractivity contribution is 0.102. The molecule has 0 spiro atoms. The number of hydrogen-bond donors (Lipinski definition) is 1. The Balaban J connectivity index is 2.40. The minimum absolute atomic E-state index is 0.0664. The molecular weight excluding hydrogens is 317 g/mol. The Morgan fingerprint density at radius 1 is 0.810 bits per heavy atom. The van der Waals surface area contributed by atoms with Gasteiger partial charge in [0.25, 0.3) is 5.91 Å². The molecule has 2 nitrogen and oxygen atoms in total. The first-order valence-corrected chi connectivity index (χ1v) is 5.79. The van der Waals surface area contributed by atoms with E-state index in [1.165, 1.54) is 24.3 Å². The van der Waals surface area contributed by atoms with Crippen LogP contribution in [0.2, 0.25) is 5.02 Å². The van der Waals surface area contributed by atoms with E-state index in [9.17, 15) is 26.7 Å². The van der Waals surface area contributed by atoms with E-state index < -0.39 is 40.7 Å². The number of nitrogens with one attached hydrogen (secondary N) is 1. The summed E-state index contributed by atoms with van der Waals surface area (Å²) >= 11 is 5.59. The summed E-state index contributed by atoms with van der Waals surface area (Å²) in [5, 5.41) is 1.95. The fourth-order valence-electron chi connectivity index (χ4n) is 1.50. The molecule has 0 saturated heterocycles. The second-order valence-corrected chi connectivity index (χ2v) is 4.34. The van der Waals surface area contributed by atoms with Gasteiger partial charge in [0.05, 0.1) is 0 Å². The quantitative estimate of drug-likeness (QED) is 0.499. The van der Waals surface area contributed by atoms with Crippen molar-refractivity contribution in [3.05, 3.63) is 63.9 Å². The summed E-state index contributed by atoms with van der Waals surface area (Å²) in [6.45, 7) is 0. The summed E-state index contributed by atoms with van der Waals surface area (Å²) in [5.74, 6) is -11.9. The highest BCUT2D eigenvalue weighted by Gasteiger charge is 2.27. The van der Waals surface area contributed by atoms with Gasteiger partial charge in [0.2, 0.25) is 5.82 Å². The molecule has 0 bridgehead atoms. The molecule has 21 heavy (non-hydrogen) atoms. The molecule has 0 saturated carbocycles. The number of benzene rings is 2. The van der Waals surface area contributed by atoms with Crippen LogP contribution in [0.5, 0.6) is 0 Å². The third-order valence-corrected chi connectivity index (χ3v) is 2.81. The molecule has 0 fully saturated rings. The van der Waals surface area contributed by atoms with E-state index in [2.05, 4.69) is 0 Å². The topological polar surface area (TPSA) is 29.1 Å². The summed E-state index contributed by atoms with van der Waals surface area (Å²) in [4.78, 5) is 11.7. The highest BCUT2D eigenvalue weighted by molar-refractivity contribution is 6.30. The molecule has 2 rings (SSSR count). The molecule has 0 aliphatic carbocycles. The molecular formula is C13H5ClF5NO. The lowest BCUT2D eigenvalue weighted by atomic mass is 10.2. The molecule has 2 aromatic carbocycles. The molecule has 1 N–H and O–H groups in total. The average Bonchev–Trinajstić information content (AvgIpc) is 2.48. The van der Waals surface area contributed by atoms with Crippen LogP contribution < -0.4 is 5.32 Å². The maximum absolute atomic E-state index is 13.4. The van der Waals surface area contributed by atoms with Gasteiger partial charge in [0.15, 0.2) is 23.3 Å². The van der Waals surface area contributed by atoms with Crippen molar-refractivity contribution >= 4 is 23.2 Å². The largest absolute Gasteiger partial charge is 0.317 e. The Kier molecular flexibility index (Phi) is 4.13. The van der Waals surface area contributed by atoms with Crippen molar-refractivity contribution in [2.24, 2.45) is 0 Å². The van der Waals surface area contributed by atoms with Crippen LogP contribution in [0.25, 0.3) is 0 Å². The predicted molar refractivity (Wildman–Crippen MR) is 65.6 cm³/mol. The van der Waals surface area contributed by atoms with Crippen LogP contribution >= 0.6 is 11.6 Å². The number of halogens is 6. The SMILES string of the molecule is O=C(Nc1c(F)c(F)c(F)c(F)c1F)c1ccc(Cl)cc1. The molecule has 1 amide bonds. The standard InChI is InChI=1S/C13H5ClF5NO/c14-6-3-1-5(2-4-6)13(21)20-12-10(18)8(16)7(15)9(17)11(12)19/h1-4H,(H,20,21). The first-order chi connectivity index (χ1) is 9.82. The molecule has 0 heterocycles. The van der Waals surface area contributed by atoms with Crippen LogP contribution in [0.3, 0.4) is 0 Å². The number of amides is 1. The Bertz CT molecular complexity index is 688. The first kappa shape index (κ1) is 15.2. The number of carbonyl (C=O) groups is 1. The van der Waals surface area contributed by atoms with Crippen molar-refractivity contribution in [1.29, 1.82) is 0 Å². The van der Waals surface area contributed by atoms with E-state index >= 15 is 0 Å². The van der Waals surface area contributed by atoms with Crippen LogP contribution in [0, 0.1) is 29.1 Å². The third kappa shape index (κ3) is 2.82. The zero-order valence-electron chi connectivity index (χ0n) is 9.99. The number of carbonyl (C=O) groups excluding carboxylic acids is 1. The summed E-state index contributed by atoms with van der Waals surface area (Å²) < 4.78 is 65.6. The van der Waals surface area contributed by atoms with Crippen LogP contribution in [0.15, 0.2) is 24.3 Å². The van der Waals surface area contributed by atoms with Gasteiger partial charge >= 0.3 is 0 Å². The zero-order chi connectivity index (χ0) is 15.7. The highest BCUT2D eigenvalue weighted by atomic mass is 35.5. The van der Waals surface area contributed by atoms with E-state index in [4.69, 9.17) is 11.6 Å². The Labute approximate surface area is 120 Å². The zero-order valence-corrected chi connectivity index (χ0v) is 10.7. The minimum Gasteiger partial charge on any atom is -0.317 e. The van der Waals surface area contributed by atoms with E-state index in [1.54, 1.807) is 5.32 Å². The second-order valence-electron chi connectivity index (χ2n) is 3.91. The Morgan fingerprint density at radius 3 is 1.71 bits per heavy atom. The molecule has 0 radical (unpaired) electrons. The van der Waals surface area contributed by atoms with Gasteiger partial charge in [-0.1, -0.05) is 11.6 Å². The van der Waals surface area contributed by atoms with Crippen molar-refractivity contribution in [3.8, 4) is 0 Å². The molecule has 2 aromatic rings. The molecule has 110 valence electrons. The third-order valence-electron chi connectivity index (χ3n) is 2.55. The van der Waals surface area contributed by atoms with Crippen molar-refractivity contribution < 1.29 is 26.7 Å². The average molecular weight is 322 g/mol. The van der Waals surface area contributed by atoms with Gasteiger partial charge in [-0.3, -0.25) is 4.79 Å². The summed E-state index contributed by atoms with van der Waals surface area (Å²) in [6, 6.07) is 5.11. The van der Waals surface area contributed by atoms with Gasteiger partial charge in [-0.2, -0.15) is 0 Å². The smallest absolute Gasteiger partial charge is 0.255 e. The fraction of sp³-hybridized carbons (Fsp3) is 0. The maximum Gasteiger partial charge on any atom is 0.255 e. The van der Waals surface area contributed by atoms with E-state index in [1.807, 2.05) is 0 Å². The number of rotatable bonds is 2.